The quantitative estimate of drug-likeness (QED) is 0.666. The molecule has 1 aromatic carbocycles. The maximum atomic E-state index is 13.9. The average molecular weight is 445 g/mol. The van der Waals surface area contributed by atoms with Crippen molar-refractivity contribution in [2.24, 2.45) is 0 Å². The van der Waals surface area contributed by atoms with Crippen molar-refractivity contribution in [2.75, 3.05) is 20.2 Å². The summed E-state index contributed by atoms with van der Waals surface area (Å²) in [7, 11) is 1.54. The average Bonchev–Trinajstić information content (AvgIpc) is 3.20. The normalized spacial score (nSPS) is 22.1. The van der Waals surface area contributed by atoms with Crippen LogP contribution in [0.4, 0.5) is 4.39 Å². The fourth-order valence-electron chi connectivity index (χ4n) is 4.44. The van der Waals surface area contributed by atoms with Crippen LogP contribution in [-0.4, -0.2) is 70.6 Å². The first-order valence-corrected chi connectivity index (χ1v) is 10.8. The number of benzene rings is 1. The lowest BCUT2D eigenvalue weighted by Gasteiger charge is -2.38. The molecule has 0 aromatic heterocycles. The fourth-order valence-corrected chi connectivity index (χ4v) is 4.44. The van der Waals surface area contributed by atoms with Crippen LogP contribution in [0.25, 0.3) is 0 Å². The Morgan fingerprint density at radius 3 is 2.62 bits per heavy atom. The highest BCUT2D eigenvalue weighted by Gasteiger charge is 2.42. The molecule has 2 fully saturated rings. The van der Waals surface area contributed by atoms with E-state index in [-0.39, 0.29) is 24.9 Å². The summed E-state index contributed by atoms with van der Waals surface area (Å²) in [6.45, 7) is -0.626. The number of nitriles is 1. The van der Waals surface area contributed by atoms with E-state index in [9.17, 15) is 29.1 Å². The summed E-state index contributed by atoms with van der Waals surface area (Å²) < 4.78 is 19.1. The van der Waals surface area contributed by atoms with Crippen molar-refractivity contribution in [3.63, 3.8) is 0 Å². The van der Waals surface area contributed by atoms with E-state index in [0.717, 1.165) is 19.3 Å². The number of esters is 1. The Bertz CT molecular complexity index is 909. The van der Waals surface area contributed by atoms with E-state index in [4.69, 9.17) is 4.74 Å². The van der Waals surface area contributed by atoms with Gasteiger partial charge in [0.15, 0.2) is 6.61 Å². The predicted octanol–water partition coefficient (Wildman–Crippen LogP) is 1.56. The molecule has 0 radical (unpaired) electrons. The second-order valence-corrected chi connectivity index (χ2v) is 8.48. The minimum Gasteiger partial charge on any atom is -0.454 e. The summed E-state index contributed by atoms with van der Waals surface area (Å²) in [4.78, 5) is 40.5. The molecule has 2 aliphatic rings. The number of aliphatic hydroxyl groups excluding tert-OH is 1. The molecule has 1 saturated carbocycles. The lowest BCUT2D eigenvalue weighted by Crippen LogP contribution is -2.51. The molecule has 3 rings (SSSR count). The predicted molar refractivity (Wildman–Crippen MR) is 111 cm³/mol. The van der Waals surface area contributed by atoms with Crippen LogP contribution >= 0.6 is 0 Å². The maximum Gasteiger partial charge on any atom is 0.329 e. The van der Waals surface area contributed by atoms with Crippen molar-refractivity contribution in [3.05, 3.63) is 35.6 Å². The van der Waals surface area contributed by atoms with Gasteiger partial charge in [-0.15, -0.1) is 0 Å². The Labute approximate surface area is 186 Å². The molecule has 1 heterocycles. The molecule has 1 aliphatic carbocycles. The summed E-state index contributed by atoms with van der Waals surface area (Å²) in [6, 6.07) is 7.04. The molecule has 2 atom stereocenters. The summed E-state index contributed by atoms with van der Waals surface area (Å²) in [5.41, 5.74) is -0.704. The van der Waals surface area contributed by atoms with Gasteiger partial charge in [-0.3, -0.25) is 9.59 Å². The number of hydrogen-bond acceptors (Lipinski definition) is 6. The van der Waals surface area contributed by atoms with Gasteiger partial charge in [-0.2, -0.15) is 5.26 Å². The Balaban J connectivity index is 1.60. The Hall–Kier alpha value is -2.99. The molecular formula is C23H28FN3O5. The van der Waals surface area contributed by atoms with Gasteiger partial charge >= 0.3 is 5.97 Å². The molecular weight excluding hydrogens is 417 g/mol. The largest absolute Gasteiger partial charge is 0.454 e. The highest BCUT2D eigenvalue weighted by molar-refractivity contribution is 5.88. The van der Waals surface area contributed by atoms with Crippen molar-refractivity contribution in [3.8, 4) is 6.07 Å². The summed E-state index contributed by atoms with van der Waals surface area (Å²) >= 11 is 0. The second kappa shape index (κ2) is 10.1. The lowest BCUT2D eigenvalue weighted by molar-refractivity contribution is -0.159. The molecule has 0 spiro atoms. The van der Waals surface area contributed by atoms with Crippen LogP contribution in [0.1, 0.15) is 44.1 Å². The van der Waals surface area contributed by atoms with E-state index in [2.05, 4.69) is 6.07 Å². The molecule has 2 amide bonds. The van der Waals surface area contributed by atoms with Crippen LogP contribution in [0.5, 0.6) is 0 Å². The van der Waals surface area contributed by atoms with Gasteiger partial charge in [-0.25, -0.2) is 9.18 Å². The van der Waals surface area contributed by atoms with E-state index >= 15 is 0 Å². The molecule has 1 N–H and O–H groups in total. The van der Waals surface area contributed by atoms with Gasteiger partial charge in [0.05, 0.1) is 18.6 Å². The Kier molecular flexibility index (Phi) is 7.46. The van der Waals surface area contributed by atoms with Crippen LogP contribution in [0.15, 0.2) is 24.3 Å². The smallest absolute Gasteiger partial charge is 0.329 e. The van der Waals surface area contributed by atoms with Gasteiger partial charge < -0.3 is 19.6 Å². The standard InChI is InChI=1S/C23H28FN3O5/c1-26(23(15-25)9-5-2-6-10-23)21(30)14-32-22(31)19-12-17(28)13-27(19)20(29)11-16-7-3-4-8-18(16)24/h3-4,7-8,17,19,28H,2,5-6,9-14H2,1H3. The molecule has 1 aliphatic heterocycles. The van der Waals surface area contributed by atoms with Crippen LogP contribution in [0.2, 0.25) is 0 Å². The van der Waals surface area contributed by atoms with Gasteiger partial charge in [0.25, 0.3) is 5.91 Å². The molecule has 0 bridgehead atoms. The van der Waals surface area contributed by atoms with Crippen molar-refractivity contribution < 1.29 is 28.6 Å². The number of amides is 2. The van der Waals surface area contributed by atoms with Crippen molar-refractivity contribution in [1.82, 2.24) is 9.80 Å². The van der Waals surface area contributed by atoms with Crippen molar-refractivity contribution >= 4 is 17.8 Å². The minimum atomic E-state index is -1.05. The number of likely N-dealkylation sites (tertiary alicyclic amines) is 1. The topological polar surface area (TPSA) is 111 Å². The number of ether oxygens (including phenoxy) is 1. The highest BCUT2D eigenvalue weighted by atomic mass is 19.1. The van der Waals surface area contributed by atoms with E-state index in [1.54, 1.807) is 6.07 Å². The van der Waals surface area contributed by atoms with Crippen molar-refractivity contribution in [2.45, 2.75) is 62.6 Å². The molecule has 1 saturated heterocycles. The number of halogens is 1. The number of rotatable bonds is 6. The number of β-amino-alcohol motifs (C(OH)–C–C–N with tert-alkyl or cyclic N) is 1. The van der Waals surface area contributed by atoms with Crippen LogP contribution < -0.4 is 0 Å². The zero-order valence-corrected chi connectivity index (χ0v) is 18.1. The van der Waals surface area contributed by atoms with Gasteiger partial charge in [-0.05, 0) is 24.5 Å². The zero-order chi connectivity index (χ0) is 23.3. The van der Waals surface area contributed by atoms with E-state index < -0.39 is 47.9 Å². The van der Waals surface area contributed by atoms with Gasteiger partial charge in [0, 0.05) is 20.0 Å². The van der Waals surface area contributed by atoms with Gasteiger partial charge in [0.2, 0.25) is 5.91 Å². The number of nitrogens with zero attached hydrogens (tertiary/aromatic N) is 3. The number of aliphatic hydroxyl groups is 1. The van der Waals surface area contributed by atoms with Gasteiger partial charge in [-0.1, -0.05) is 37.5 Å². The zero-order valence-electron chi connectivity index (χ0n) is 18.1. The third kappa shape index (κ3) is 5.07. The summed E-state index contributed by atoms with van der Waals surface area (Å²) in [5, 5.41) is 19.6. The van der Waals surface area contributed by atoms with Crippen LogP contribution in [-0.2, 0) is 25.5 Å². The number of likely N-dealkylation sites (N-methyl/N-ethyl adjacent to an activating group) is 1. The lowest BCUT2D eigenvalue weighted by atomic mass is 9.81. The molecule has 1 aromatic rings. The third-order valence-corrected chi connectivity index (χ3v) is 6.41. The first kappa shape index (κ1) is 23.7. The summed E-state index contributed by atoms with van der Waals surface area (Å²) in [5.74, 6) is -2.34. The number of carbonyl (C=O) groups is 3. The minimum absolute atomic E-state index is 0.0198. The Morgan fingerprint density at radius 1 is 1.28 bits per heavy atom. The molecule has 32 heavy (non-hydrogen) atoms. The first-order valence-electron chi connectivity index (χ1n) is 10.8. The van der Waals surface area contributed by atoms with Crippen LogP contribution in [0, 0.1) is 17.1 Å². The SMILES string of the molecule is CN(C(=O)COC(=O)C1CC(O)CN1C(=O)Cc1ccccc1F)C1(C#N)CCCCC1. The molecule has 9 heteroatoms. The van der Waals surface area contributed by atoms with E-state index in [1.807, 2.05) is 0 Å². The maximum absolute atomic E-state index is 13.9. The molecule has 172 valence electrons. The number of carbonyl (C=O) groups excluding carboxylic acids is 3. The Morgan fingerprint density at radius 2 is 1.97 bits per heavy atom. The number of hydrogen-bond donors (Lipinski definition) is 1. The fraction of sp³-hybridized carbons (Fsp3) is 0.565. The van der Waals surface area contributed by atoms with Crippen molar-refractivity contribution in [1.29, 1.82) is 5.26 Å². The van der Waals surface area contributed by atoms with Gasteiger partial charge in [0.1, 0.15) is 17.4 Å². The van der Waals surface area contributed by atoms with E-state index in [0.29, 0.717) is 12.8 Å². The first-order chi connectivity index (χ1) is 15.3. The van der Waals surface area contributed by atoms with E-state index in [1.165, 1.54) is 35.0 Å². The highest BCUT2D eigenvalue weighted by Crippen LogP contribution is 2.32. The second-order valence-electron chi connectivity index (χ2n) is 8.48. The van der Waals surface area contributed by atoms with Crippen LogP contribution in [0.3, 0.4) is 0 Å². The summed E-state index contributed by atoms with van der Waals surface area (Å²) in [6.07, 6.45) is 2.68. The molecule has 2 unspecified atom stereocenters. The molecule has 8 nitrogen and oxygen atoms in total. The monoisotopic (exact) mass is 445 g/mol. The third-order valence-electron chi connectivity index (χ3n) is 6.41.